The summed E-state index contributed by atoms with van der Waals surface area (Å²) in [7, 11) is 0. The molecule has 1 aromatic heterocycles. The first-order valence-corrected chi connectivity index (χ1v) is 5.88. The Morgan fingerprint density at radius 1 is 1.25 bits per heavy atom. The number of benzene rings is 1. The minimum Gasteiger partial charge on any atom is -0.459 e. The minimum absolute atomic E-state index is 0.0669. The number of aryl methyl sites for hydroxylation is 2. The molecule has 84 valence electrons. The SMILES string of the molecule is Cc1cc(C)c(-c2ccc(CO)o2)c(Br)c1. The maximum Gasteiger partial charge on any atom is 0.135 e. The van der Waals surface area contributed by atoms with Crippen LogP contribution in [0.2, 0.25) is 0 Å². The van der Waals surface area contributed by atoms with Gasteiger partial charge in [0.1, 0.15) is 18.1 Å². The van der Waals surface area contributed by atoms with E-state index in [0.29, 0.717) is 5.76 Å². The van der Waals surface area contributed by atoms with E-state index >= 15 is 0 Å². The van der Waals surface area contributed by atoms with E-state index in [-0.39, 0.29) is 6.61 Å². The molecule has 0 aliphatic carbocycles. The van der Waals surface area contributed by atoms with Gasteiger partial charge in [0.25, 0.3) is 0 Å². The third-order valence-corrected chi connectivity index (χ3v) is 3.12. The van der Waals surface area contributed by atoms with Crippen molar-refractivity contribution < 1.29 is 9.52 Å². The van der Waals surface area contributed by atoms with E-state index < -0.39 is 0 Å². The van der Waals surface area contributed by atoms with Crippen molar-refractivity contribution in [3.8, 4) is 11.3 Å². The Morgan fingerprint density at radius 2 is 2.00 bits per heavy atom. The molecule has 3 heteroatoms. The maximum absolute atomic E-state index is 8.98. The predicted octanol–water partition coefficient (Wildman–Crippen LogP) is 3.82. The van der Waals surface area contributed by atoms with Crippen molar-refractivity contribution in [1.82, 2.24) is 0 Å². The molecular formula is C13H13BrO2. The van der Waals surface area contributed by atoms with Crippen LogP contribution in [0.5, 0.6) is 0 Å². The van der Waals surface area contributed by atoms with E-state index in [0.717, 1.165) is 21.4 Å². The van der Waals surface area contributed by atoms with Gasteiger partial charge >= 0.3 is 0 Å². The first kappa shape index (κ1) is 11.4. The molecule has 0 unspecified atom stereocenters. The molecule has 0 radical (unpaired) electrons. The lowest BCUT2D eigenvalue weighted by atomic mass is 10.0. The number of aliphatic hydroxyl groups is 1. The Balaban J connectivity index is 2.55. The molecule has 0 saturated carbocycles. The molecule has 1 heterocycles. The van der Waals surface area contributed by atoms with Crippen LogP contribution in [-0.2, 0) is 6.61 Å². The van der Waals surface area contributed by atoms with Gasteiger partial charge in [-0.3, -0.25) is 0 Å². The van der Waals surface area contributed by atoms with Crippen LogP contribution in [0.4, 0.5) is 0 Å². The van der Waals surface area contributed by atoms with Crippen molar-refractivity contribution in [2.75, 3.05) is 0 Å². The molecule has 0 aliphatic rings. The second kappa shape index (κ2) is 4.44. The molecule has 0 bridgehead atoms. The summed E-state index contributed by atoms with van der Waals surface area (Å²) < 4.78 is 6.56. The van der Waals surface area contributed by atoms with Gasteiger partial charge in [-0.1, -0.05) is 22.0 Å². The van der Waals surface area contributed by atoms with Crippen LogP contribution in [0.1, 0.15) is 16.9 Å². The third kappa shape index (κ3) is 2.06. The highest BCUT2D eigenvalue weighted by molar-refractivity contribution is 9.10. The maximum atomic E-state index is 8.98. The molecule has 2 aromatic rings. The second-order valence-corrected chi connectivity index (χ2v) is 4.72. The smallest absolute Gasteiger partial charge is 0.135 e. The zero-order valence-electron chi connectivity index (χ0n) is 9.25. The highest BCUT2D eigenvalue weighted by atomic mass is 79.9. The predicted molar refractivity (Wildman–Crippen MR) is 67.2 cm³/mol. The molecule has 2 nitrogen and oxygen atoms in total. The Labute approximate surface area is 103 Å². The normalized spacial score (nSPS) is 10.8. The first-order valence-electron chi connectivity index (χ1n) is 5.08. The molecule has 0 fully saturated rings. The van der Waals surface area contributed by atoms with Crippen molar-refractivity contribution in [3.63, 3.8) is 0 Å². The third-order valence-electron chi connectivity index (χ3n) is 2.50. The molecule has 2 rings (SSSR count). The monoisotopic (exact) mass is 280 g/mol. The van der Waals surface area contributed by atoms with E-state index in [1.165, 1.54) is 5.56 Å². The summed E-state index contributed by atoms with van der Waals surface area (Å²) in [6.45, 7) is 4.04. The molecular weight excluding hydrogens is 268 g/mol. The van der Waals surface area contributed by atoms with Crippen LogP contribution in [-0.4, -0.2) is 5.11 Å². The second-order valence-electron chi connectivity index (χ2n) is 3.86. The van der Waals surface area contributed by atoms with Gasteiger partial charge in [-0.15, -0.1) is 0 Å². The average Bonchev–Trinajstić information content (AvgIpc) is 2.64. The lowest BCUT2D eigenvalue weighted by Crippen LogP contribution is -1.85. The van der Waals surface area contributed by atoms with E-state index in [4.69, 9.17) is 9.52 Å². The highest BCUT2D eigenvalue weighted by Gasteiger charge is 2.11. The molecule has 0 atom stereocenters. The van der Waals surface area contributed by atoms with Crippen molar-refractivity contribution >= 4 is 15.9 Å². The van der Waals surface area contributed by atoms with Crippen LogP contribution in [0.3, 0.4) is 0 Å². The quantitative estimate of drug-likeness (QED) is 0.907. The average molecular weight is 281 g/mol. The number of halogens is 1. The molecule has 0 spiro atoms. The highest BCUT2D eigenvalue weighted by Crippen LogP contribution is 2.33. The number of aliphatic hydroxyl groups excluding tert-OH is 1. The number of hydrogen-bond donors (Lipinski definition) is 1. The molecule has 16 heavy (non-hydrogen) atoms. The van der Waals surface area contributed by atoms with E-state index in [1.54, 1.807) is 6.07 Å². The van der Waals surface area contributed by atoms with E-state index in [1.807, 2.05) is 13.0 Å². The van der Waals surface area contributed by atoms with Crippen LogP contribution < -0.4 is 0 Å². The number of furan rings is 1. The summed E-state index contributed by atoms with van der Waals surface area (Å²) in [6.07, 6.45) is 0. The number of rotatable bonds is 2. The van der Waals surface area contributed by atoms with Gasteiger partial charge in [-0.25, -0.2) is 0 Å². The molecule has 1 aromatic carbocycles. The fraction of sp³-hybridized carbons (Fsp3) is 0.231. The van der Waals surface area contributed by atoms with Crippen molar-refractivity contribution in [2.24, 2.45) is 0 Å². The summed E-state index contributed by atoms with van der Waals surface area (Å²) >= 11 is 3.54. The Hall–Kier alpha value is -1.06. The van der Waals surface area contributed by atoms with Crippen molar-refractivity contribution in [2.45, 2.75) is 20.5 Å². The molecule has 1 N–H and O–H groups in total. The molecule has 0 amide bonds. The van der Waals surface area contributed by atoms with Gasteiger partial charge < -0.3 is 9.52 Å². The summed E-state index contributed by atoms with van der Waals surface area (Å²) in [4.78, 5) is 0. The number of hydrogen-bond acceptors (Lipinski definition) is 2. The van der Waals surface area contributed by atoms with Crippen molar-refractivity contribution in [3.05, 3.63) is 45.6 Å². The first-order chi connectivity index (χ1) is 7.61. The van der Waals surface area contributed by atoms with Crippen molar-refractivity contribution in [1.29, 1.82) is 0 Å². The molecule has 0 saturated heterocycles. The summed E-state index contributed by atoms with van der Waals surface area (Å²) in [5, 5.41) is 8.98. The van der Waals surface area contributed by atoms with Crippen LogP contribution in [0.25, 0.3) is 11.3 Å². The summed E-state index contributed by atoms with van der Waals surface area (Å²) in [5.74, 6) is 1.37. The summed E-state index contributed by atoms with van der Waals surface area (Å²) in [6, 6.07) is 7.85. The van der Waals surface area contributed by atoms with Gasteiger partial charge in [-0.2, -0.15) is 0 Å². The fourth-order valence-corrected chi connectivity index (χ4v) is 2.69. The largest absolute Gasteiger partial charge is 0.459 e. The van der Waals surface area contributed by atoms with Gasteiger partial charge in [0.2, 0.25) is 0 Å². The molecule has 0 aliphatic heterocycles. The lowest BCUT2D eigenvalue weighted by molar-refractivity contribution is 0.248. The van der Waals surface area contributed by atoms with E-state index in [2.05, 4.69) is 35.0 Å². The van der Waals surface area contributed by atoms with Gasteiger partial charge in [0.15, 0.2) is 0 Å². The van der Waals surface area contributed by atoms with Gasteiger partial charge in [0, 0.05) is 10.0 Å². The Bertz CT molecular complexity index is 491. The Kier molecular flexibility index (Phi) is 3.17. The van der Waals surface area contributed by atoms with E-state index in [9.17, 15) is 0 Å². The topological polar surface area (TPSA) is 33.4 Å². The lowest BCUT2D eigenvalue weighted by Gasteiger charge is -2.07. The zero-order valence-corrected chi connectivity index (χ0v) is 10.8. The van der Waals surface area contributed by atoms with Gasteiger partial charge in [-0.05, 0) is 43.2 Å². The van der Waals surface area contributed by atoms with Crippen LogP contribution in [0, 0.1) is 13.8 Å². The Morgan fingerprint density at radius 3 is 2.56 bits per heavy atom. The minimum atomic E-state index is -0.0669. The van der Waals surface area contributed by atoms with Gasteiger partial charge in [0.05, 0.1) is 0 Å². The standard InChI is InChI=1S/C13H13BrO2/c1-8-5-9(2)13(11(14)6-8)12-4-3-10(7-15)16-12/h3-6,15H,7H2,1-2H3. The summed E-state index contributed by atoms with van der Waals surface area (Å²) in [5.41, 5.74) is 3.41. The van der Waals surface area contributed by atoms with Crippen LogP contribution in [0.15, 0.2) is 33.2 Å². The van der Waals surface area contributed by atoms with Crippen LogP contribution >= 0.6 is 15.9 Å². The fourth-order valence-electron chi connectivity index (χ4n) is 1.83. The zero-order chi connectivity index (χ0) is 11.7.